The number of rotatable bonds is 7. The fourth-order valence-electron chi connectivity index (χ4n) is 5.11. The first-order valence-corrected chi connectivity index (χ1v) is 12.5. The summed E-state index contributed by atoms with van der Waals surface area (Å²) in [7, 11) is 3.47. The van der Waals surface area contributed by atoms with Gasteiger partial charge in [-0.3, -0.25) is 4.90 Å². The van der Waals surface area contributed by atoms with Gasteiger partial charge in [0.2, 0.25) is 0 Å². The van der Waals surface area contributed by atoms with Gasteiger partial charge < -0.3 is 19.7 Å². The van der Waals surface area contributed by atoms with E-state index in [9.17, 15) is 9.59 Å². The number of carbonyl (C=O) groups is 2. The third-order valence-electron chi connectivity index (χ3n) is 7.06. The number of esters is 2. The molecule has 0 saturated carbocycles. The molecule has 0 aromatic carbocycles. The van der Waals surface area contributed by atoms with Crippen molar-refractivity contribution in [2.45, 2.75) is 39.5 Å². The predicted octanol–water partition coefficient (Wildman–Crippen LogP) is 2.66. The van der Waals surface area contributed by atoms with Gasteiger partial charge in [0.05, 0.1) is 35.4 Å². The van der Waals surface area contributed by atoms with Gasteiger partial charge in [-0.15, -0.1) is 0 Å². The molecule has 4 rings (SSSR count). The molecule has 2 aromatic rings. The number of nitrogens with zero attached hydrogens (tertiary/aromatic N) is 4. The first kappa shape index (κ1) is 25.9. The summed E-state index contributed by atoms with van der Waals surface area (Å²) in [6, 6.07) is 5.81. The Balaban J connectivity index is 1.72. The number of methoxy groups -OCH3 is 1. The summed E-state index contributed by atoms with van der Waals surface area (Å²) in [5.74, 6) is -1.50. The highest BCUT2D eigenvalue weighted by atomic mass is 16.5. The molecule has 194 valence electrons. The van der Waals surface area contributed by atoms with E-state index in [-0.39, 0.29) is 12.5 Å². The number of ether oxygens (including phenoxy) is 2. The van der Waals surface area contributed by atoms with Crippen LogP contribution in [-0.2, 0) is 19.1 Å². The van der Waals surface area contributed by atoms with Crippen LogP contribution in [0.3, 0.4) is 0 Å². The third-order valence-corrected chi connectivity index (χ3v) is 7.06. The molecule has 1 saturated heterocycles. The van der Waals surface area contributed by atoms with Gasteiger partial charge in [-0.1, -0.05) is 19.9 Å². The maximum atomic E-state index is 13.6. The van der Waals surface area contributed by atoms with Crippen LogP contribution in [-0.4, -0.2) is 84.8 Å². The van der Waals surface area contributed by atoms with Crippen LogP contribution < -0.4 is 5.32 Å². The fraction of sp³-hybridized carbons (Fsp3) is 0.519. The van der Waals surface area contributed by atoms with Crippen molar-refractivity contribution in [3.8, 4) is 0 Å². The summed E-state index contributed by atoms with van der Waals surface area (Å²) < 4.78 is 12.8. The highest BCUT2D eigenvalue weighted by Crippen LogP contribution is 2.43. The van der Waals surface area contributed by atoms with Crippen LogP contribution in [0.15, 0.2) is 46.9 Å². The highest BCUT2D eigenvalue weighted by Gasteiger charge is 2.41. The van der Waals surface area contributed by atoms with Crippen molar-refractivity contribution in [3.05, 3.63) is 58.2 Å². The van der Waals surface area contributed by atoms with Crippen LogP contribution >= 0.6 is 0 Å². The summed E-state index contributed by atoms with van der Waals surface area (Å²) >= 11 is 0. The molecule has 36 heavy (non-hydrogen) atoms. The lowest BCUT2D eigenvalue weighted by Crippen LogP contribution is -2.45. The Morgan fingerprint density at radius 2 is 1.75 bits per heavy atom. The second-order valence-electron chi connectivity index (χ2n) is 9.89. The van der Waals surface area contributed by atoms with Gasteiger partial charge >= 0.3 is 11.9 Å². The first-order chi connectivity index (χ1) is 17.2. The molecule has 2 aliphatic rings. The summed E-state index contributed by atoms with van der Waals surface area (Å²) in [4.78, 5) is 31.3. The molecule has 2 aromatic heterocycles. The number of aromatic nitrogens is 2. The van der Waals surface area contributed by atoms with Crippen molar-refractivity contribution in [1.82, 2.24) is 24.7 Å². The zero-order valence-electron chi connectivity index (χ0n) is 22.1. The second kappa shape index (κ2) is 10.8. The van der Waals surface area contributed by atoms with E-state index in [0.717, 1.165) is 43.0 Å². The van der Waals surface area contributed by atoms with Crippen molar-refractivity contribution >= 4 is 17.5 Å². The molecule has 2 aliphatic heterocycles. The molecule has 0 amide bonds. The van der Waals surface area contributed by atoms with E-state index < -0.39 is 17.9 Å². The molecule has 4 heterocycles. The van der Waals surface area contributed by atoms with Gasteiger partial charge in [-0.25, -0.2) is 14.1 Å². The molecule has 0 bridgehead atoms. The number of carbonyl (C=O) groups excluding carboxylic acids is 2. The minimum absolute atomic E-state index is 0.0730. The van der Waals surface area contributed by atoms with Crippen LogP contribution in [0.1, 0.15) is 50.8 Å². The average molecular weight is 496 g/mol. The quantitative estimate of drug-likeness (QED) is 0.587. The molecule has 1 fully saturated rings. The summed E-state index contributed by atoms with van der Waals surface area (Å²) in [5, 5.41) is 8.04. The fourth-order valence-corrected chi connectivity index (χ4v) is 5.11. The van der Waals surface area contributed by atoms with Crippen molar-refractivity contribution in [1.29, 1.82) is 0 Å². The van der Waals surface area contributed by atoms with E-state index in [0.29, 0.717) is 29.1 Å². The Kier molecular flexibility index (Phi) is 7.80. The van der Waals surface area contributed by atoms with Gasteiger partial charge in [0.1, 0.15) is 6.61 Å². The molecule has 1 atom stereocenters. The lowest BCUT2D eigenvalue weighted by Gasteiger charge is -2.32. The molecule has 9 nitrogen and oxygen atoms in total. The number of allylic oxidation sites excluding steroid dienone is 2. The minimum Gasteiger partial charge on any atom is -0.466 e. The number of dihydropyridines is 1. The molecule has 0 aliphatic carbocycles. The largest absolute Gasteiger partial charge is 0.466 e. The summed E-state index contributed by atoms with van der Waals surface area (Å²) in [5.41, 5.74) is 4.64. The number of pyridine rings is 1. The molecule has 1 unspecified atom stereocenters. The van der Waals surface area contributed by atoms with Crippen LogP contribution in [0, 0.1) is 0 Å². The monoisotopic (exact) mass is 495 g/mol. The van der Waals surface area contributed by atoms with E-state index in [4.69, 9.17) is 14.6 Å². The maximum absolute atomic E-state index is 13.6. The number of nitrogens with one attached hydrogen (secondary N) is 1. The SMILES string of the molecule is COC(=O)C1=C(C)NC(C)=C(C(=O)OCCN2CCN(C)CC2)C1c1c(C(C)C)nn2ccccc12. The lowest BCUT2D eigenvalue weighted by atomic mass is 9.78. The average Bonchev–Trinajstić information content (AvgIpc) is 3.24. The number of likely N-dealkylation sites (N-methyl/N-ethyl adjacent to an activating group) is 1. The Labute approximate surface area is 212 Å². The normalized spacial score (nSPS) is 19.7. The van der Waals surface area contributed by atoms with E-state index in [1.54, 1.807) is 0 Å². The number of piperazine rings is 1. The Morgan fingerprint density at radius 1 is 1.08 bits per heavy atom. The number of fused-ring (bicyclic) bond motifs is 1. The van der Waals surface area contributed by atoms with Gasteiger partial charge in [0, 0.05) is 55.9 Å². The zero-order chi connectivity index (χ0) is 26.0. The number of hydrogen-bond donors (Lipinski definition) is 1. The second-order valence-corrected chi connectivity index (χ2v) is 9.89. The molecular weight excluding hydrogens is 458 g/mol. The van der Waals surface area contributed by atoms with Crippen LogP contribution in [0.4, 0.5) is 0 Å². The van der Waals surface area contributed by atoms with Gasteiger partial charge in [-0.2, -0.15) is 5.10 Å². The van der Waals surface area contributed by atoms with Crippen LogP contribution in [0.2, 0.25) is 0 Å². The minimum atomic E-state index is -0.660. The Bertz CT molecular complexity index is 1200. The topological polar surface area (TPSA) is 88.4 Å². The van der Waals surface area contributed by atoms with Crippen molar-refractivity contribution < 1.29 is 19.1 Å². The van der Waals surface area contributed by atoms with Gasteiger partial charge in [0.15, 0.2) is 0 Å². The van der Waals surface area contributed by atoms with Crippen molar-refractivity contribution in [2.75, 3.05) is 53.5 Å². The third kappa shape index (κ3) is 5.03. The molecule has 9 heteroatoms. The van der Waals surface area contributed by atoms with E-state index >= 15 is 0 Å². The maximum Gasteiger partial charge on any atom is 0.336 e. The smallest absolute Gasteiger partial charge is 0.336 e. The first-order valence-electron chi connectivity index (χ1n) is 12.5. The van der Waals surface area contributed by atoms with Crippen LogP contribution in [0.25, 0.3) is 5.52 Å². The standard InChI is InChI=1S/C27H37N5O4/c1-17(2)25-23(20-9-7-8-10-32(20)29-25)24-21(26(33)35-6)18(3)28-19(4)22(24)27(34)36-16-15-31-13-11-30(5)12-14-31/h7-10,17,24,28H,11-16H2,1-6H3. The van der Waals surface area contributed by atoms with Crippen molar-refractivity contribution in [3.63, 3.8) is 0 Å². The molecule has 0 spiro atoms. The van der Waals surface area contributed by atoms with E-state index in [2.05, 4.69) is 36.0 Å². The zero-order valence-corrected chi connectivity index (χ0v) is 22.1. The van der Waals surface area contributed by atoms with E-state index in [1.165, 1.54) is 7.11 Å². The summed E-state index contributed by atoms with van der Waals surface area (Å²) in [6.07, 6.45) is 1.88. The molecule has 1 N–H and O–H groups in total. The molecule has 0 radical (unpaired) electrons. The molecular formula is C27H37N5O4. The van der Waals surface area contributed by atoms with Crippen LogP contribution in [0.5, 0.6) is 0 Å². The van der Waals surface area contributed by atoms with Gasteiger partial charge in [-0.05, 0) is 38.9 Å². The summed E-state index contributed by atoms with van der Waals surface area (Å²) in [6.45, 7) is 12.7. The Hall–Kier alpha value is -3.17. The predicted molar refractivity (Wildman–Crippen MR) is 137 cm³/mol. The lowest BCUT2D eigenvalue weighted by molar-refractivity contribution is -0.140. The number of hydrogen-bond acceptors (Lipinski definition) is 8. The van der Waals surface area contributed by atoms with Gasteiger partial charge in [0.25, 0.3) is 0 Å². The Morgan fingerprint density at radius 3 is 2.39 bits per heavy atom. The van der Waals surface area contributed by atoms with Crippen molar-refractivity contribution in [2.24, 2.45) is 0 Å². The highest BCUT2D eigenvalue weighted by molar-refractivity contribution is 6.00. The van der Waals surface area contributed by atoms with E-state index in [1.807, 2.05) is 42.8 Å².